The Hall–Kier alpha value is -2.09. The number of rotatable bonds is 1. The maximum atomic E-state index is 11.1. The number of benzene rings is 1. The standard InChI is InChI=1S/C8H9NO3S.CH3NO2/c1-13(11,12)8(9-10)7-5-3-2-4-6-7;2-1(3)4/h2-6,10H,1H3;2H2,(H,3,4). The van der Waals surface area contributed by atoms with Crippen LogP contribution in [0.3, 0.4) is 0 Å². The number of nitrogens with two attached hydrogens (primary N) is 1. The lowest BCUT2D eigenvalue weighted by atomic mass is 10.2. The van der Waals surface area contributed by atoms with Crippen molar-refractivity contribution in [3.05, 3.63) is 35.9 Å². The lowest BCUT2D eigenvalue weighted by Gasteiger charge is -2.00. The van der Waals surface area contributed by atoms with Crippen molar-refractivity contribution in [2.45, 2.75) is 0 Å². The minimum Gasteiger partial charge on any atom is -0.465 e. The first kappa shape index (κ1) is 14.9. The van der Waals surface area contributed by atoms with Gasteiger partial charge in [-0.3, -0.25) is 0 Å². The van der Waals surface area contributed by atoms with E-state index < -0.39 is 15.9 Å². The molecule has 0 saturated heterocycles. The number of hydrogen-bond donors (Lipinski definition) is 3. The van der Waals surface area contributed by atoms with Crippen LogP contribution in [0.1, 0.15) is 5.56 Å². The van der Waals surface area contributed by atoms with Crippen molar-refractivity contribution in [1.82, 2.24) is 0 Å². The molecule has 0 atom stereocenters. The van der Waals surface area contributed by atoms with Crippen LogP contribution in [0.4, 0.5) is 4.79 Å². The van der Waals surface area contributed by atoms with Gasteiger partial charge < -0.3 is 16.0 Å². The fraction of sp³-hybridized carbons (Fsp3) is 0.111. The Morgan fingerprint density at radius 2 is 1.71 bits per heavy atom. The van der Waals surface area contributed by atoms with Gasteiger partial charge in [-0.1, -0.05) is 35.5 Å². The second-order valence-corrected chi connectivity index (χ2v) is 4.81. The molecule has 1 rings (SSSR count). The van der Waals surface area contributed by atoms with Crippen LogP contribution >= 0.6 is 0 Å². The second kappa shape index (κ2) is 6.48. The zero-order valence-corrected chi connectivity index (χ0v) is 9.76. The molecule has 7 nitrogen and oxygen atoms in total. The fourth-order valence-corrected chi connectivity index (χ4v) is 1.64. The van der Waals surface area contributed by atoms with E-state index in [0.29, 0.717) is 5.56 Å². The van der Waals surface area contributed by atoms with Crippen LogP contribution in [0.2, 0.25) is 0 Å². The number of amides is 1. The smallest absolute Gasteiger partial charge is 0.402 e. The number of carbonyl (C=O) groups is 1. The summed E-state index contributed by atoms with van der Waals surface area (Å²) in [5.74, 6) is 0. The summed E-state index contributed by atoms with van der Waals surface area (Å²) in [5.41, 5.74) is 4.41. The van der Waals surface area contributed by atoms with E-state index in [1.807, 2.05) is 0 Å². The van der Waals surface area contributed by atoms with Crippen LogP contribution in [0.25, 0.3) is 0 Å². The largest absolute Gasteiger partial charge is 0.465 e. The fourth-order valence-electron chi connectivity index (χ4n) is 0.927. The molecular formula is C9H12N2O5S. The molecule has 0 fully saturated rings. The van der Waals surface area contributed by atoms with Crippen LogP contribution in [-0.4, -0.2) is 36.1 Å². The number of primary amides is 1. The van der Waals surface area contributed by atoms with Crippen molar-refractivity contribution in [3.63, 3.8) is 0 Å². The monoisotopic (exact) mass is 260 g/mol. The van der Waals surface area contributed by atoms with Crippen LogP contribution in [0, 0.1) is 0 Å². The van der Waals surface area contributed by atoms with Gasteiger partial charge in [-0.25, -0.2) is 13.2 Å². The topological polar surface area (TPSA) is 130 Å². The van der Waals surface area contributed by atoms with Crippen molar-refractivity contribution in [2.75, 3.05) is 6.26 Å². The molecule has 4 N–H and O–H groups in total. The van der Waals surface area contributed by atoms with E-state index in [9.17, 15) is 8.42 Å². The van der Waals surface area contributed by atoms with Crippen LogP contribution in [0.15, 0.2) is 35.5 Å². The summed E-state index contributed by atoms with van der Waals surface area (Å²) in [6.45, 7) is 0. The van der Waals surface area contributed by atoms with Crippen molar-refractivity contribution >= 4 is 21.0 Å². The van der Waals surface area contributed by atoms with Gasteiger partial charge in [0.15, 0.2) is 9.84 Å². The molecule has 1 amide bonds. The molecule has 94 valence electrons. The minimum absolute atomic E-state index is 0.312. The quantitative estimate of drug-likeness (QED) is 0.293. The molecule has 0 bridgehead atoms. The van der Waals surface area contributed by atoms with Crippen molar-refractivity contribution in [2.24, 2.45) is 10.9 Å². The molecule has 0 aliphatic heterocycles. The molecule has 17 heavy (non-hydrogen) atoms. The summed E-state index contributed by atoms with van der Waals surface area (Å²) in [6, 6.07) is 8.23. The van der Waals surface area contributed by atoms with Crippen molar-refractivity contribution < 1.29 is 23.5 Å². The molecule has 0 spiro atoms. The summed E-state index contributed by atoms with van der Waals surface area (Å²) in [5, 5.41) is 18.2. The molecule has 0 aliphatic carbocycles. The molecule has 0 unspecified atom stereocenters. The van der Waals surface area contributed by atoms with Crippen LogP contribution in [0.5, 0.6) is 0 Å². The first-order valence-corrected chi connectivity index (χ1v) is 6.14. The van der Waals surface area contributed by atoms with Gasteiger partial charge >= 0.3 is 6.09 Å². The Bertz CT molecular complexity index is 491. The Labute approximate surface area is 98.1 Å². The predicted molar refractivity (Wildman–Crippen MR) is 61.8 cm³/mol. The normalized spacial score (nSPS) is 11.2. The number of sulfone groups is 1. The second-order valence-electron chi connectivity index (χ2n) is 2.88. The van der Waals surface area contributed by atoms with Gasteiger partial charge in [0.05, 0.1) is 0 Å². The third-order valence-electron chi connectivity index (χ3n) is 1.46. The van der Waals surface area contributed by atoms with E-state index >= 15 is 0 Å². The Morgan fingerprint density at radius 1 is 1.29 bits per heavy atom. The Kier molecular flexibility index (Phi) is 5.69. The van der Waals surface area contributed by atoms with Crippen LogP contribution < -0.4 is 5.73 Å². The summed E-state index contributed by atoms with van der Waals surface area (Å²) in [4.78, 5) is 8.78. The van der Waals surface area contributed by atoms with Gasteiger partial charge in [-0.2, -0.15) is 0 Å². The summed E-state index contributed by atoms with van der Waals surface area (Å²) >= 11 is 0. The molecular weight excluding hydrogens is 248 g/mol. The summed E-state index contributed by atoms with van der Waals surface area (Å²) < 4.78 is 22.1. The van der Waals surface area contributed by atoms with Gasteiger partial charge in [0, 0.05) is 11.8 Å². The molecule has 0 saturated carbocycles. The highest BCUT2D eigenvalue weighted by atomic mass is 32.2. The number of oxime groups is 1. The third kappa shape index (κ3) is 6.15. The average Bonchev–Trinajstić information content (AvgIpc) is 2.17. The van der Waals surface area contributed by atoms with E-state index in [-0.39, 0.29) is 5.04 Å². The van der Waals surface area contributed by atoms with Gasteiger partial charge in [0.2, 0.25) is 5.04 Å². The Morgan fingerprint density at radius 3 is 2.00 bits per heavy atom. The summed E-state index contributed by atoms with van der Waals surface area (Å²) in [6.07, 6.45) is -0.338. The number of nitrogens with zero attached hydrogens (tertiary/aromatic N) is 1. The molecule has 0 aromatic heterocycles. The zero-order valence-electron chi connectivity index (χ0n) is 8.94. The highest BCUT2D eigenvalue weighted by molar-refractivity contribution is 8.06. The maximum absolute atomic E-state index is 11.1. The SMILES string of the molecule is CS(=O)(=O)C(=NO)c1ccccc1.NC(=O)O. The Balaban J connectivity index is 0.000000557. The molecule has 0 radical (unpaired) electrons. The minimum atomic E-state index is -3.47. The van der Waals surface area contributed by atoms with Crippen molar-refractivity contribution in [3.8, 4) is 0 Å². The van der Waals surface area contributed by atoms with Gasteiger partial charge in [0.1, 0.15) is 0 Å². The summed E-state index contributed by atoms with van der Waals surface area (Å²) in [7, 11) is -3.47. The van der Waals surface area contributed by atoms with Crippen molar-refractivity contribution in [1.29, 1.82) is 0 Å². The lowest BCUT2D eigenvalue weighted by Crippen LogP contribution is -2.14. The third-order valence-corrected chi connectivity index (χ3v) is 2.48. The highest BCUT2D eigenvalue weighted by Crippen LogP contribution is 2.05. The molecule has 0 heterocycles. The molecule has 0 aliphatic rings. The first-order chi connectivity index (χ1) is 7.79. The maximum Gasteiger partial charge on any atom is 0.402 e. The average molecular weight is 260 g/mol. The number of carboxylic acid groups (broad SMARTS) is 1. The predicted octanol–water partition coefficient (Wildman–Crippen LogP) is 0.490. The van der Waals surface area contributed by atoms with Gasteiger partial charge in [-0.15, -0.1) is 0 Å². The van der Waals surface area contributed by atoms with Gasteiger partial charge in [0.25, 0.3) is 0 Å². The number of hydrogen-bond acceptors (Lipinski definition) is 5. The van der Waals surface area contributed by atoms with E-state index in [4.69, 9.17) is 15.1 Å². The molecule has 1 aromatic carbocycles. The molecule has 1 aromatic rings. The first-order valence-electron chi connectivity index (χ1n) is 4.25. The van der Waals surface area contributed by atoms with E-state index in [1.54, 1.807) is 30.3 Å². The van der Waals surface area contributed by atoms with Gasteiger partial charge in [-0.05, 0) is 0 Å². The highest BCUT2D eigenvalue weighted by Gasteiger charge is 2.15. The van der Waals surface area contributed by atoms with Crippen LogP contribution in [-0.2, 0) is 9.84 Å². The lowest BCUT2D eigenvalue weighted by molar-refractivity contribution is 0.205. The van der Waals surface area contributed by atoms with E-state index in [0.717, 1.165) is 6.26 Å². The molecule has 8 heteroatoms. The van der Waals surface area contributed by atoms with E-state index in [1.165, 1.54) is 0 Å². The zero-order chi connectivity index (χ0) is 13.5. The van der Waals surface area contributed by atoms with E-state index in [2.05, 4.69) is 10.9 Å².